The molecule has 17 heavy (non-hydrogen) atoms. The molecule has 0 aliphatic heterocycles. The Balaban J connectivity index is 2.49. The van der Waals surface area contributed by atoms with Crippen molar-refractivity contribution in [2.75, 3.05) is 6.61 Å². The minimum atomic E-state index is -0.0738. The van der Waals surface area contributed by atoms with Gasteiger partial charge in [0.25, 0.3) is 5.56 Å². The van der Waals surface area contributed by atoms with Gasteiger partial charge in [0.05, 0.1) is 12.1 Å². The van der Waals surface area contributed by atoms with Crippen LogP contribution in [0.2, 0.25) is 0 Å². The quantitative estimate of drug-likeness (QED) is 0.697. The number of ether oxygens (including phenoxy) is 1. The molecule has 4 nitrogen and oxygen atoms in total. The lowest BCUT2D eigenvalue weighted by molar-refractivity contribution is 0.344. The molecule has 5 heteroatoms. The van der Waals surface area contributed by atoms with Crippen molar-refractivity contribution in [1.29, 1.82) is 0 Å². The lowest BCUT2D eigenvalue weighted by atomic mass is 10.2. The van der Waals surface area contributed by atoms with Gasteiger partial charge in [-0.05, 0) is 19.1 Å². The van der Waals surface area contributed by atoms with E-state index in [4.69, 9.17) is 4.74 Å². The van der Waals surface area contributed by atoms with E-state index in [2.05, 4.69) is 4.98 Å². The molecule has 0 saturated heterocycles. The van der Waals surface area contributed by atoms with Crippen LogP contribution in [-0.4, -0.2) is 16.0 Å². The molecule has 2 heterocycles. The first-order chi connectivity index (χ1) is 8.31. The Kier molecular flexibility index (Phi) is 2.33. The highest BCUT2D eigenvalue weighted by Crippen LogP contribution is 2.22. The summed E-state index contributed by atoms with van der Waals surface area (Å²) in [4.78, 5) is 17.4. The van der Waals surface area contributed by atoms with Crippen LogP contribution < -0.4 is 10.3 Å². The molecule has 2 aromatic heterocycles. The standard InChI is InChI=1S/C12H10N2O2S/c1-2-16-9-5-3-4-8-10(9)11(15)14-6-7-17-12(14)13-8/h3-7H,2H2,1H3. The van der Waals surface area contributed by atoms with Gasteiger partial charge in [-0.1, -0.05) is 6.07 Å². The Bertz CT molecular complexity index is 745. The van der Waals surface area contributed by atoms with Crippen LogP contribution >= 0.6 is 11.3 Å². The van der Waals surface area contributed by atoms with E-state index in [1.165, 1.54) is 11.3 Å². The van der Waals surface area contributed by atoms with Crippen molar-refractivity contribution in [3.05, 3.63) is 40.1 Å². The first-order valence-corrected chi connectivity index (χ1v) is 6.20. The Morgan fingerprint density at radius 1 is 1.47 bits per heavy atom. The number of hydrogen-bond acceptors (Lipinski definition) is 4. The van der Waals surface area contributed by atoms with Crippen LogP contribution in [-0.2, 0) is 0 Å². The van der Waals surface area contributed by atoms with Gasteiger partial charge in [-0.15, -0.1) is 11.3 Å². The zero-order chi connectivity index (χ0) is 11.8. The number of aromatic nitrogens is 2. The summed E-state index contributed by atoms with van der Waals surface area (Å²) in [5.41, 5.74) is 0.610. The van der Waals surface area contributed by atoms with Crippen LogP contribution in [0.25, 0.3) is 15.9 Å². The molecule has 0 amide bonds. The number of thiazole rings is 1. The van der Waals surface area contributed by atoms with Gasteiger partial charge in [0.15, 0.2) is 4.96 Å². The molecule has 3 aromatic rings. The third-order valence-electron chi connectivity index (χ3n) is 2.54. The van der Waals surface area contributed by atoms with E-state index in [0.717, 1.165) is 0 Å². The summed E-state index contributed by atoms with van der Waals surface area (Å²) in [6, 6.07) is 5.48. The topological polar surface area (TPSA) is 43.6 Å². The fourth-order valence-electron chi connectivity index (χ4n) is 1.83. The molecule has 0 spiro atoms. The molecule has 3 rings (SSSR count). The van der Waals surface area contributed by atoms with Crippen LogP contribution in [0.15, 0.2) is 34.6 Å². The third kappa shape index (κ3) is 1.51. The van der Waals surface area contributed by atoms with Crippen molar-refractivity contribution < 1.29 is 4.74 Å². The molecule has 0 radical (unpaired) electrons. The SMILES string of the molecule is CCOc1cccc2nc3sccn3c(=O)c12. The molecule has 0 atom stereocenters. The van der Waals surface area contributed by atoms with Gasteiger partial charge in [0.2, 0.25) is 0 Å². The van der Waals surface area contributed by atoms with Gasteiger partial charge in [0, 0.05) is 11.6 Å². The van der Waals surface area contributed by atoms with E-state index in [9.17, 15) is 4.79 Å². The van der Waals surface area contributed by atoms with E-state index in [1.54, 1.807) is 16.7 Å². The van der Waals surface area contributed by atoms with Gasteiger partial charge in [-0.25, -0.2) is 4.98 Å². The summed E-state index contributed by atoms with van der Waals surface area (Å²) in [5.74, 6) is 0.600. The Hall–Kier alpha value is -1.88. The van der Waals surface area contributed by atoms with Crippen molar-refractivity contribution in [3.8, 4) is 5.75 Å². The molecule has 86 valence electrons. The maximum Gasteiger partial charge on any atom is 0.270 e. The van der Waals surface area contributed by atoms with Crippen LogP contribution in [0.4, 0.5) is 0 Å². The van der Waals surface area contributed by atoms with Crippen LogP contribution in [0.3, 0.4) is 0 Å². The maximum absolute atomic E-state index is 12.3. The third-order valence-corrected chi connectivity index (χ3v) is 3.30. The normalized spacial score (nSPS) is 11.1. The number of nitrogens with zero attached hydrogens (tertiary/aromatic N) is 2. The fourth-order valence-corrected chi connectivity index (χ4v) is 2.55. The highest BCUT2D eigenvalue weighted by atomic mass is 32.1. The van der Waals surface area contributed by atoms with E-state index in [-0.39, 0.29) is 5.56 Å². The molecule has 0 N–H and O–H groups in total. The van der Waals surface area contributed by atoms with E-state index in [0.29, 0.717) is 28.2 Å². The molecule has 0 aliphatic carbocycles. The van der Waals surface area contributed by atoms with Crippen molar-refractivity contribution in [1.82, 2.24) is 9.38 Å². The monoisotopic (exact) mass is 246 g/mol. The largest absolute Gasteiger partial charge is 0.493 e. The summed E-state index contributed by atoms with van der Waals surface area (Å²) in [7, 11) is 0. The highest BCUT2D eigenvalue weighted by Gasteiger charge is 2.10. The van der Waals surface area contributed by atoms with Crippen LogP contribution in [0.1, 0.15) is 6.92 Å². The Labute approximate surface area is 101 Å². The van der Waals surface area contributed by atoms with Crippen molar-refractivity contribution in [2.24, 2.45) is 0 Å². The fraction of sp³-hybridized carbons (Fsp3) is 0.167. The molecular weight excluding hydrogens is 236 g/mol. The number of hydrogen-bond donors (Lipinski definition) is 0. The van der Waals surface area contributed by atoms with Crippen molar-refractivity contribution in [3.63, 3.8) is 0 Å². The summed E-state index contributed by atoms with van der Waals surface area (Å²) < 4.78 is 7.03. The molecule has 0 fully saturated rings. The van der Waals surface area contributed by atoms with Gasteiger partial charge < -0.3 is 4.74 Å². The zero-order valence-corrected chi connectivity index (χ0v) is 10.0. The van der Waals surface area contributed by atoms with Crippen LogP contribution in [0, 0.1) is 0 Å². The Morgan fingerprint density at radius 3 is 3.18 bits per heavy atom. The smallest absolute Gasteiger partial charge is 0.270 e. The summed E-state index contributed by atoms with van der Waals surface area (Å²) in [5, 5.41) is 2.40. The lowest BCUT2D eigenvalue weighted by Gasteiger charge is -2.06. The van der Waals surface area contributed by atoms with E-state index in [1.807, 2.05) is 24.4 Å². The minimum absolute atomic E-state index is 0.0738. The van der Waals surface area contributed by atoms with Gasteiger partial charge in [0.1, 0.15) is 11.1 Å². The van der Waals surface area contributed by atoms with E-state index < -0.39 is 0 Å². The predicted octanol–water partition coefficient (Wildman–Crippen LogP) is 2.31. The summed E-state index contributed by atoms with van der Waals surface area (Å²) in [6.07, 6.45) is 1.73. The average Bonchev–Trinajstić information content (AvgIpc) is 2.78. The predicted molar refractivity (Wildman–Crippen MR) is 68.0 cm³/mol. The summed E-state index contributed by atoms with van der Waals surface area (Å²) >= 11 is 1.45. The number of benzene rings is 1. The lowest BCUT2D eigenvalue weighted by Crippen LogP contribution is -2.14. The minimum Gasteiger partial charge on any atom is -0.493 e. The van der Waals surface area contributed by atoms with Crippen LogP contribution in [0.5, 0.6) is 5.75 Å². The Morgan fingerprint density at radius 2 is 2.35 bits per heavy atom. The number of fused-ring (bicyclic) bond motifs is 2. The van der Waals surface area contributed by atoms with E-state index >= 15 is 0 Å². The summed E-state index contributed by atoms with van der Waals surface area (Å²) in [6.45, 7) is 2.43. The molecule has 0 unspecified atom stereocenters. The van der Waals surface area contributed by atoms with Gasteiger partial charge in [-0.2, -0.15) is 0 Å². The van der Waals surface area contributed by atoms with Gasteiger partial charge >= 0.3 is 0 Å². The van der Waals surface area contributed by atoms with Gasteiger partial charge in [-0.3, -0.25) is 9.20 Å². The first-order valence-electron chi connectivity index (χ1n) is 5.32. The second-order valence-corrected chi connectivity index (χ2v) is 4.43. The zero-order valence-electron chi connectivity index (χ0n) is 9.21. The highest BCUT2D eigenvalue weighted by molar-refractivity contribution is 7.15. The maximum atomic E-state index is 12.3. The van der Waals surface area contributed by atoms with Crippen molar-refractivity contribution >= 4 is 27.2 Å². The molecule has 1 aromatic carbocycles. The second-order valence-electron chi connectivity index (χ2n) is 3.56. The second kappa shape index (κ2) is 3.85. The molecule has 0 saturated carbocycles. The van der Waals surface area contributed by atoms with Crippen molar-refractivity contribution in [2.45, 2.75) is 6.92 Å². The molecule has 0 aliphatic rings. The first kappa shape index (κ1) is 10.3. The number of rotatable bonds is 2. The molecule has 0 bridgehead atoms. The average molecular weight is 246 g/mol. The molecular formula is C12H10N2O2S.